The number of aliphatic hydroxyl groups excluding tert-OH is 1. The predicted octanol–water partition coefficient (Wildman–Crippen LogP) is 4.19. The van der Waals surface area contributed by atoms with E-state index >= 15 is 0 Å². The van der Waals surface area contributed by atoms with Crippen molar-refractivity contribution in [3.05, 3.63) is 54.6 Å². The van der Waals surface area contributed by atoms with Crippen LogP contribution in [0.3, 0.4) is 0 Å². The molecule has 2 N–H and O–H groups in total. The molecule has 2 aromatic carbocycles. The molecule has 3 rings (SSSR count). The Morgan fingerprint density at radius 2 is 1.52 bits per heavy atom. The predicted molar refractivity (Wildman–Crippen MR) is 84.8 cm³/mol. The first-order chi connectivity index (χ1) is 10.3. The Morgan fingerprint density at radius 3 is 2.24 bits per heavy atom. The van der Waals surface area contributed by atoms with Gasteiger partial charge in [-0.2, -0.15) is 0 Å². The van der Waals surface area contributed by atoms with Gasteiger partial charge in [0, 0.05) is 5.69 Å². The molecule has 1 saturated carbocycles. The Labute approximate surface area is 125 Å². The maximum absolute atomic E-state index is 9.99. The topological polar surface area (TPSA) is 41.5 Å². The maximum Gasteiger partial charge on any atom is 0.127 e. The smallest absolute Gasteiger partial charge is 0.127 e. The van der Waals surface area contributed by atoms with E-state index in [1.807, 2.05) is 54.6 Å². The monoisotopic (exact) mass is 283 g/mol. The number of aliphatic hydroxyl groups is 1. The van der Waals surface area contributed by atoms with Gasteiger partial charge in [0.25, 0.3) is 0 Å². The van der Waals surface area contributed by atoms with Crippen LogP contribution in [0.4, 0.5) is 5.69 Å². The summed E-state index contributed by atoms with van der Waals surface area (Å²) in [6.45, 7) is 0. The Kier molecular flexibility index (Phi) is 4.41. The highest BCUT2D eigenvalue weighted by Gasteiger charge is 2.22. The van der Waals surface area contributed by atoms with Crippen LogP contribution in [0.25, 0.3) is 0 Å². The van der Waals surface area contributed by atoms with Crippen LogP contribution in [0.15, 0.2) is 54.6 Å². The second-order valence-electron chi connectivity index (χ2n) is 5.54. The largest absolute Gasteiger partial charge is 0.457 e. The molecule has 0 aliphatic heterocycles. The molecule has 2 atom stereocenters. The molecule has 110 valence electrons. The zero-order valence-electron chi connectivity index (χ0n) is 12.0. The van der Waals surface area contributed by atoms with Gasteiger partial charge >= 0.3 is 0 Å². The molecule has 0 aromatic heterocycles. The standard InChI is InChI=1S/C18H21NO2/c20-18-9-5-4-8-17(18)19-14-10-12-16(13-11-14)21-15-6-2-1-3-7-15/h1-3,6-7,10-13,17-20H,4-5,8-9H2. The fourth-order valence-corrected chi connectivity index (χ4v) is 2.74. The fraction of sp³-hybridized carbons (Fsp3) is 0.333. The van der Waals surface area contributed by atoms with E-state index in [2.05, 4.69) is 5.32 Å². The molecule has 3 nitrogen and oxygen atoms in total. The molecule has 0 saturated heterocycles. The van der Waals surface area contributed by atoms with Crippen LogP contribution in [0.2, 0.25) is 0 Å². The van der Waals surface area contributed by atoms with E-state index in [1.54, 1.807) is 0 Å². The third-order valence-electron chi connectivity index (χ3n) is 3.91. The van der Waals surface area contributed by atoms with Crippen molar-refractivity contribution in [2.75, 3.05) is 5.32 Å². The van der Waals surface area contributed by atoms with Crippen LogP contribution >= 0.6 is 0 Å². The van der Waals surface area contributed by atoms with Gasteiger partial charge in [-0.25, -0.2) is 0 Å². The third kappa shape index (κ3) is 3.76. The fourth-order valence-electron chi connectivity index (χ4n) is 2.74. The van der Waals surface area contributed by atoms with Crippen LogP contribution < -0.4 is 10.1 Å². The lowest BCUT2D eigenvalue weighted by Crippen LogP contribution is -2.36. The van der Waals surface area contributed by atoms with Crippen LogP contribution in [0.5, 0.6) is 11.5 Å². The third-order valence-corrected chi connectivity index (χ3v) is 3.91. The first kappa shape index (κ1) is 14.0. The SMILES string of the molecule is OC1CCCCC1Nc1ccc(Oc2ccccc2)cc1. The second kappa shape index (κ2) is 6.64. The summed E-state index contributed by atoms with van der Waals surface area (Å²) in [5, 5.41) is 13.4. The van der Waals surface area contributed by atoms with E-state index in [1.165, 1.54) is 6.42 Å². The summed E-state index contributed by atoms with van der Waals surface area (Å²) >= 11 is 0. The van der Waals surface area contributed by atoms with E-state index in [0.717, 1.165) is 36.4 Å². The van der Waals surface area contributed by atoms with Crippen molar-refractivity contribution in [1.29, 1.82) is 0 Å². The van der Waals surface area contributed by atoms with Gasteiger partial charge in [0.2, 0.25) is 0 Å². The number of ether oxygens (including phenoxy) is 1. The van der Waals surface area contributed by atoms with Gasteiger partial charge in [-0.3, -0.25) is 0 Å². The van der Waals surface area contributed by atoms with E-state index in [-0.39, 0.29) is 12.1 Å². The zero-order valence-corrected chi connectivity index (χ0v) is 12.0. The Morgan fingerprint density at radius 1 is 0.857 bits per heavy atom. The molecule has 1 aliphatic carbocycles. The summed E-state index contributed by atoms with van der Waals surface area (Å²) in [4.78, 5) is 0. The number of rotatable bonds is 4. The van der Waals surface area contributed by atoms with Crippen LogP contribution in [-0.4, -0.2) is 17.3 Å². The number of nitrogens with one attached hydrogen (secondary N) is 1. The summed E-state index contributed by atoms with van der Waals surface area (Å²) < 4.78 is 5.77. The van der Waals surface area contributed by atoms with E-state index in [4.69, 9.17) is 4.74 Å². The minimum atomic E-state index is -0.237. The molecule has 2 aromatic rings. The molecule has 0 heterocycles. The van der Waals surface area contributed by atoms with E-state index in [0.29, 0.717) is 0 Å². The number of para-hydroxylation sites is 1. The van der Waals surface area contributed by atoms with Gasteiger partial charge in [0.05, 0.1) is 12.1 Å². The summed E-state index contributed by atoms with van der Waals surface area (Å²) in [5.41, 5.74) is 1.03. The van der Waals surface area contributed by atoms with E-state index < -0.39 is 0 Å². The maximum atomic E-state index is 9.99. The number of hydrogen-bond acceptors (Lipinski definition) is 3. The molecule has 3 heteroatoms. The van der Waals surface area contributed by atoms with Crippen LogP contribution in [-0.2, 0) is 0 Å². The highest BCUT2D eigenvalue weighted by Crippen LogP contribution is 2.25. The first-order valence-corrected chi connectivity index (χ1v) is 7.59. The number of benzene rings is 2. The Balaban J connectivity index is 1.61. The summed E-state index contributed by atoms with van der Waals surface area (Å²) in [7, 11) is 0. The molecular formula is C18H21NO2. The van der Waals surface area contributed by atoms with Gasteiger partial charge in [0.1, 0.15) is 11.5 Å². The molecule has 1 aliphatic rings. The summed E-state index contributed by atoms with van der Waals surface area (Å²) in [6, 6.07) is 17.8. The van der Waals surface area contributed by atoms with Gasteiger partial charge in [0.15, 0.2) is 0 Å². The van der Waals surface area contributed by atoms with Crippen molar-refractivity contribution in [2.24, 2.45) is 0 Å². The van der Waals surface area contributed by atoms with Crippen molar-refractivity contribution in [3.8, 4) is 11.5 Å². The normalized spacial score (nSPS) is 21.8. The number of anilines is 1. The lowest BCUT2D eigenvalue weighted by atomic mass is 9.92. The molecule has 1 fully saturated rings. The van der Waals surface area contributed by atoms with Crippen molar-refractivity contribution in [2.45, 2.75) is 37.8 Å². The Hall–Kier alpha value is -2.00. The van der Waals surface area contributed by atoms with Gasteiger partial charge < -0.3 is 15.2 Å². The molecular weight excluding hydrogens is 262 g/mol. The first-order valence-electron chi connectivity index (χ1n) is 7.59. The minimum Gasteiger partial charge on any atom is -0.457 e. The average molecular weight is 283 g/mol. The van der Waals surface area contributed by atoms with E-state index in [9.17, 15) is 5.11 Å². The van der Waals surface area contributed by atoms with Gasteiger partial charge in [-0.15, -0.1) is 0 Å². The number of hydrogen-bond donors (Lipinski definition) is 2. The highest BCUT2D eigenvalue weighted by molar-refractivity contribution is 5.48. The zero-order chi connectivity index (χ0) is 14.5. The molecule has 2 unspecified atom stereocenters. The van der Waals surface area contributed by atoms with Crippen molar-refractivity contribution in [1.82, 2.24) is 0 Å². The quantitative estimate of drug-likeness (QED) is 0.884. The average Bonchev–Trinajstić information content (AvgIpc) is 2.52. The van der Waals surface area contributed by atoms with Crippen LogP contribution in [0.1, 0.15) is 25.7 Å². The molecule has 0 radical (unpaired) electrons. The second-order valence-corrected chi connectivity index (χ2v) is 5.54. The molecule has 0 amide bonds. The molecule has 0 spiro atoms. The van der Waals surface area contributed by atoms with Crippen molar-refractivity contribution < 1.29 is 9.84 Å². The Bertz CT molecular complexity index is 553. The molecule has 21 heavy (non-hydrogen) atoms. The van der Waals surface area contributed by atoms with Crippen molar-refractivity contribution in [3.63, 3.8) is 0 Å². The lowest BCUT2D eigenvalue weighted by molar-refractivity contribution is 0.116. The van der Waals surface area contributed by atoms with Gasteiger partial charge in [-0.05, 0) is 49.2 Å². The van der Waals surface area contributed by atoms with Crippen LogP contribution in [0, 0.1) is 0 Å². The lowest BCUT2D eigenvalue weighted by Gasteiger charge is -2.29. The van der Waals surface area contributed by atoms with Gasteiger partial charge in [-0.1, -0.05) is 31.0 Å². The summed E-state index contributed by atoms with van der Waals surface area (Å²) in [6.07, 6.45) is 4.00. The minimum absolute atomic E-state index is 0.166. The highest BCUT2D eigenvalue weighted by atomic mass is 16.5. The summed E-state index contributed by atoms with van der Waals surface area (Å²) in [5.74, 6) is 1.65. The molecule has 0 bridgehead atoms. The van der Waals surface area contributed by atoms with Crippen molar-refractivity contribution >= 4 is 5.69 Å².